The highest BCUT2D eigenvalue weighted by Gasteiger charge is 2.20. The Bertz CT molecular complexity index is 225. The molecule has 1 fully saturated rings. The predicted octanol–water partition coefficient (Wildman–Crippen LogP) is -0.631. The van der Waals surface area contributed by atoms with Gasteiger partial charge in [-0.15, -0.1) is 0 Å². The van der Waals surface area contributed by atoms with Crippen molar-refractivity contribution >= 4 is 5.91 Å². The Labute approximate surface area is 81.4 Å². The normalized spacial score (nSPS) is 18.1. The highest BCUT2D eigenvalue weighted by Crippen LogP contribution is 1.97. The summed E-state index contributed by atoms with van der Waals surface area (Å²) in [6.45, 7) is 1.78. The standard InChI is InChI=1S/C7H13N3O4/c1-13-8-10(12)6-7(11)9-2-4-14-5-3-9/h2-6H2,1H3/b10-8+. The van der Waals surface area contributed by atoms with E-state index in [4.69, 9.17) is 4.74 Å². The summed E-state index contributed by atoms with van der Waals surface area (Å²) < 4.78 is 5.07. The molecule has 0 radical (unpaired) electrons. The lowest BCUT2D eigenvalue weighted by molar-refractivity contribution is -0.547. The molecule has 1 rings (SSSR count). The van der Waals surface area contributed by atoms with E-state index in [0.717, 1.165) is 0 Å². The van der Waals surface area contributed by atoms with Crippen molar-refractivity contribution in [2.75, 3.05) is 40.0 Å². The van der Waals surface area contributed by atoms with Crippen LogP contribution in [-0.2, 0) is 14.4 Å². The first kappa shape index (κ1) is 10.7. The third kappa shape index (κ3) is 3.17. The van der Waals surface area contributed by atoms with E-state index in [2.05, 4.69) is 10.1 Å². The summed E-state index contributed by atoms with van der Waals surface area (Å²) in [4.78, 5) is 17.4. The van der Waals surface area contributed by atoms with E-state index in [1.807, 2.05) is 0 Å². The maximum Gasteiger partial charge on any atom is 0.292 e. The molecule has 1 aliphatic rings. The van der Waals surface area contributed by atoms with E-state index in [9.17, 15) is 10.0 Å². The third-order valence-corrected chi connectivity index (χ3v) is 1.81. The van der Waals surface area contributed by atoms with Gasteiger partial charge < -0.3 is 19.7 Å². The van der Waals surface area contributed by atoms with Crippen molar-refractivity contribution in [3.8, 4) is 0 Å². The quantitative estimate of drug-likeness (QED) is 0.347. The predicted molar refractivity (Wildman–Crippen MR) is 45.3 cm³/mol. The highest BCUT2D eigenvalue weighted by molar-refractivity contribution is 5.77. The molecule has 0 unspecified atom stereocenters. The summed E-state index contributed by atoms with van der Waals surface area (Å²) in [7, 11) is 1.25. The van der Waals surface area contributed by atoms with Gasteiger partial charge in [0.2, 0.25) is 0 Å². The zero-order chi connectivity index (χ0) is 10.4. The summed E-state index contributed by atoms with van der Waals surface area (Å²) in [5.74, 6) is -0.260. The van der Waals surface area contributed by atoms with Gasteiger partial charge in [-0.05, 0) is 4.86 Å². The number of carbonyl (C=O) groups excluding carboxylic acids is 1. The lowest BCUT2D eigenvalue weighted by atomic mass is 10.4. The lowest BCUT2D eigenvalue weighted by Gasteiger charge is -2.25. The van der Waals surface area contributed by atoms with Crippen LogP contribution in [0.2, 0.25) is 0 Å². The van der Waals surface area contributed by atoms with Crippen LogP contribution >= 0.6 is 0 Å². The molecule has 0 aromatic carbocycles. The van der Waals surface area contributed by atoms with Gasteiger partial charge in [0, 0.05) is 13.1 Å². The fraction of sp³-hybridized carbons (Fsp3) is 0.857. The summed E-state index contributed by atoms with van der Waals surface area (Å²) in [5.41, 5.74) is 0. The molecule has 0 aliphatic carbocycles. The monoisotopic (exact) mass is 203 g/mol. The first-order chi connectivity index (χ1) is 6.74. The molecule has 0 bridgehead atoms. The molecule has 0 aromatic heterocycles. The fourth-order valence-corrected chi connectivity index (χ4v) is 1.15. The summed E-state index contributed by atoms with van der Waals surface area (Å²) in [5, 5.41) is 13.9. The summed E-state index contributed by atoms with van der Waals surface area (Å²) >= 11 is 0. The number of hydrogen-bond acceptors (Lipinski definition) is 5. The first-order valence-electron chi connectivity index (χ1n) is 4.28. The summed E-state index contributed by atoms with van der Waals surface area (Å²) in [6, 6.07) is 0. The van der Waals surface area contributed by atoms with Gasteiger partial charge in [-0.3, -0.25) is 4.79 Å². The highest BCUT2D eigenvalue weighted by atomic mass is 16.7. The van der Waals surface area contributed by atoms with Crippen molar-refractivity contribution in [3.05, 3.63) is 5.21 Å². The van der Waals surface area contributed by atoms with Crippen LogP contribution in [0.1, 0.15) is 0 Å². The fourth-order valence-electron chi connectivity index (χ4n) is 1.15. The van der Waals surface area contributed by atoms with Crippen molar-refractivity contribution in [2.45, 2.75) is 0 Å². The maximum atomic E-state index is 11.4. The van der Waals surface area contributed by atoms with Crippen LogP contribution in [0.3, 0.4) is 0 Å². The zero-order valence-electron chi connectivity index (χ0n) is 8.01. The number of hydrogen-bond donors (Lipinski definition) is 0. The second kappa shape index (κ2) is 5.38. The Kier molecular flexibility index (Phi) is 4.11. The van der Waals surface area contributed by atoms with E-state index in [-0.39, 0.29) is 17.3 Å². The number of carbonyl (C=O) groups is 1. The third-order valence-electron chi connectivity index (χ3n) is 1.81. The number of hydroxylamine groups is 1. The van der Waals surface area contributed by atoms with Gasteiger partial charge >= 0.3 is 0 Å². The van der Waals surface area contributed by atoms with Crippen molar-refractivity contribution in [1.29, 1.82) is 0 Å². The largest absolute Gasteiger partial charge is 0.597 e. The molecule has 0 atom stereocenters. The smallest absolute Gasteiger partial charge is 0.292 e. The van der Waals surface area contributed by atoms with E-state index < -0.39 is 0 Å². The van der Waals surface area contributed by atoms with Crippen LogP contribution in [0.25, 0.3) is 0 Å². The molecular formula is C7H13N3O4. The van der Waals surface area contributed by atoms with Crippen molar-refractivity contribution in [3.63, 3.8) is 0 Å². The second-order valence-electron chi connectivity index (χ2n) is 2.77. The van der Waals surface area contributed by atoms with E-state index in [1.54, 1.807) is 4.90 Å². The van der Waals surface area contributed by atoms with Crippen LogP contribution < -0.4 is 0 Å². The minimum Gasteiger partial charge on any atom is -0.597 e. The van der Waals surface area contributed by atoms with Gasteiger partial charge in [0.05, 0.1) is 13.2 Å². The molecule has 0 saturated carbocycles. The van der Waals surface area contributed by atoms with Crippen molar-refractivity contribution in [2.24, 2.45) is 5.28 Å². The van der Waals surface area contributed by atoms with Gasteiger partial charge in [-0.25, -0.2) is 0 Å². The molecule has 1 aliphatic heterocycles. The van der Waals surface area contributed by atoms with Crippen molar-refractivity contribution in [1.82, 2.24) is 4.90 Å². The first-order valence-corrected chi connectivity index (χ1v) is 4.28. The number of morpholine rings is 1. The Balaban J connectivity index is 2.36. The van der Waals surface area contributed by atoms with Crippen LogP contribution in [0.5, 0.6) is 0 Å². The van der Waals surface area contributed by atoms with Gasteiger partial charge in [0.15, 0.2) is 5.28 Å². The molecule has 80 valence electrons. The molecule has 1 heterocycles. The van der Waals surface area contributed by atoms with Crippen molar-refractivity contribution < 1.29 is 19.2 Å². The summed E-state index contributed by atoms with van der Waals surface area (Å²) in [6.07, 6.45) is 0. The molecule has 0 aromatic rings. The van der Waals surface area contributed by atoms with Crippen LogP contribution in [-0.4, -0.2) is 55.6 Å². The average molecular weight is 203 g/mol. The Hall–Kier alpha value is -1.37. The maximum absolute atomic E-state index is 11.4. The molecule has 7 nitrogen and oxygen atoms in total. The number of ether oxygens (including phenoxy) is 1. The molecule has 0 N–H and O–H groups in total. The van der Waals surface area contributed by atoms with Crippen LogP contribution in [0, 0.1) is 5.21 Å². The van der Waals surface area contributed by atoms with Gasteiger partial charge in [0.25, 0.3) is 12.5 Å². The SMILES string of the molecule is CO/N=[N+](/[O-])CC(=O)N1CCOCC1. The molecule has 1 saturated heterocycles. The van der Waals surface area contributed by atoms with Gasteiger partial charge in [-0.2, -0.15) is 0 Å². The zero-order valence-corrected chi connectivity index (χ0v) is 8.01. The van der Waals surface area contributed by atoms with Crippen LogP contribution in [0.15, 0.2) is 5.28 Å². The molecular weight excluding hydrogens is 190 g/mol. The minimum atomic E-state index is -0.312. The second-order valence-corrected chi connectivity index (χ2v) is 2.77. The topological polar surface area (TPSA) is 77.2 Å². The van der Waals surface area contributed by atoms with E-state index >= 15 is 0 Å². The van der Waals surface area contributed by atoms with E-state index in [0.29, 0.717) is 26.3 Å². The number of rotatable bonds is 3. The molecule has 0 spiro atoms. The minimum absolute atomic E-state index is 0.220. The molecule has 7 heteroatoms. The Morgan fingerprint density at radius 1 is 1.64 bits per heavy atom. The average Bonchev–Trinajstić information content (AvgIpc) is 2.19. The van der Waals surface area contributed by atoms with Gasteiger partial charge in [0.1, 0.15) is 7.11 Å². The van der Waals surface area contributed by atoms with Crippen LogP contribution in [0.4, 0.5) is 0 Å². The Morgan fingerprint density at radius 2 is 2.29 bits per heavy atom. The molecule has 14 heavy (non-hydrogen) atoms. The van der Waals surface area contributed by atoms with Gasteiger partial charge in [-0.1, -0.05) is 0 Å². The Morgan fingerprint density at radius 3 is 2.86 bits per heavy atom. The number of amides is 1. The lowest BCUT2D eigenvalue weighted by Crippen LogP contribution is -2.43. The number of nitrogens with zero attached hydrogens (tertiary/aromatic N) is 3. The van der Waals surface area contributed by atoms with E-state index in [1.165, 1.54) is 7.11 Å². The molecule has 1 amide bonds.